The number of aromatic nitrogens is 2. The lowest BCUT2D eigenvalue weighted by molar-refractivity contribution is -0.274. The van der Waals surface area contributed by atoms with Crippen LogP contribution >= 0.6 is 0 Å². The van der Waals surface area contributed by atoms with Gasteiger partial charge in [-0.25, -0.2) is 4.98 Å². The SMILES string of the molecule is CNc1nc(NC2CCC(NCc3ccccc3OC(F)(F)F)CC2)nc2ccccc12. The van der Waals surface area contributed by atoms with Crippen molar-refractivity contribution < 1.29 is 17.9 Å². The molecule has 0 amide bonds. The molecule has 0 aliphatic heterocycles. The van der Waals surface area contributed by atoms with Gasteiger partial charge in [-0.05, 0) is 43.9 Å². The summed E-state index contributed by atoms with van der Waals surface area (Å²) >= 11 is 0. The summed E-state index contributed by atoms with van der Waals surface area (Å²) in [5.74, 6) is 1.23. The van der Waals surface area contributed by atoms with Gasteiger partial charge < -0.3 is 20.7 Å². The van der Waals surface area contributed by atoms with E-state index in [0.717, 1.165) is 42.4 Å². The second-order valence-electron chi connectivity index (χ2n) is 7.89. The highest BCUT2D eigenvalue weighted by Crippen LogP contribution is 2.28. The maximum Gasteiger partial charge on any atom is 0.573 e. The topological polar surface area (TPSA) is 71.1 Å². The Balaban J connectivity index is 1.31. The minimum absolute atomic E-state index is 0.156. The van der Waals surface area contributed by atoms with Crippen LogP contribution < -0.4 is 20.7 Å². The van der Waals surface area contributed by atoms with Crippen LogP contribution in [0.3, 0.4) is 0 Å². The molecule has 1 aliphatic rings. The Hall–Kier alpha value is -3.07. The number of ether oxygens (including phenoxy) is 1. The van der Waals surface area contributed by atoms with E-state index in [1.165, 1.54) is 12.1 Å². The number of fused-ring (bicyclic) bond motifs is 1. The van der Waals surface area contributed by atoms with Gasteiger partial charge in [-0.2, -0.15) is 4.98 Å². The van der Waals surface area contributed by atoms with Crippen molar-refractivity contribution in [3.8, 4) is 5.75 Å². The summed E-state index contributed by atoms with van der Waals surface area (Å²) in [7, 11) is 1.84. The Morgan fingerprint density at radius 3 is 2.38 bits per heavy atom. The normalized spacial score (nSPS) is 19.0. The zero-order valence-corrected chi connectivity index (χ0v) is 17.7. The average molecular weight is 445 g/mol. The molecule has 9 heteroatoms. The largest absolute Gasteiger partial charge is 0.573 e. The molecular formula is C23H26F3N5O. The number of hydrogen-bond donors (Lipinski definition) is 3. The second kappa shape index (κ2) is 9.60. The van der Waals surface area contributed by atoms with Crippen molar-refractivity contribution in [3.63, 3.8) is 0 Å². The van der Waals surface area contributed by atoms with Crippen molar-refractivity contribution in [2.75, 3.05) is 17.7 Å². The van der Waals surface area contributed by atoms with E-state index in [1.54, 1.807) is 12.1 Å². The lowest BCUT2D eigenvalue weighted by Crippen LogP contribution is -2.37. The van der Waals surface area contributed by atoms with Crippen LogP contribution in [-0.2, 0) is 6.54 Å². The van der Waals surface area contributed by atoms with Crippen LogP contribution in [0.4, 0.5) is 24.9 Å². The highest BCUT2D eigenvalue weighted by Gasteiger charge is 2.32. The third kappa shape index (κ3) is 5.59. The Morgan fingerprint density at radius 1 is 0.938 bits per heavy atom. The fourth-order valence-electron chi connectivity index (χ4n) is 4.08. The maximum absolute atomic E-state index is 12.6. The molecule has 1 fully saturated rings. The van der Waals surface area contributed by atoms with Gasteiger partial charge in [0, 0.05) is 36.6 Å². The monoisotopic (exact) mass is 445 g/mol. The number of nitrogens with one attached hydrogen (secondary N) is 3. The molecule has 0 atom stereocenters. The minimum Gasteiger partial charge on any atom is -0.405 e. The molecule has 3 aromatic rings. The van der Waals surface area contributed by atoms with Gasteiger partial charge >= 0.3 is 6.36 Å². The molecule has 1 saturated carbocycles. The van der Waals surface area contributed by atoms with Gasteiger partial charge in [0.25, 0.3) is 0 Å². The van der Waals surface area contributed by atoms with E-state index in [4.69, 9.17) is 0 Å². The number of alkyl halides is 3. The summed E-state index contributed by atoms with van der Waals surface area (Å²) in [5.41, 5.74) is 1.37. The van der Waals surface area contributed by atoms with Crippen LogP contribution in [0, 0.1) is 0 Å². The highest BCUT2D eigenvalue weighted by molar-refractivity contribution is 5.89. The minimum atomic E-state index is -4.70. The van der Waals surface area contributed by atoms with E-state index >= 15 is 0 Å². The number of anilines is 2. The van der Waals surface area contributed by atoms with Crippen LogP contribution in [-0.4, -0.2) is 35.5 Å². The van der Waals surface area contributed by atoms with Crippen LogP contribution in [0.5, 0.6) is 5.75 Å². The molecule has 32 heavy (non-hydrogen) atoms. The number of nitrogens with zero attached hydrogens (tertiary/aromatic N) is 2. The predicted octanol–water partition coefficient (Wildman–Crippen LogP) is 5.08. The van der Waals surface area contributed by atoms with E-state index in [-0.39, 0.29) is 17.8 Å². The van der Waals surface area contributed by atoms with E-state index in [0.29, 0.717) is 18.1 Å². The van der Waals surface area contributed by atoms with Crippen molar-refractivity contribution in [1.29, 1.82) is 0 Å². The molecule has 0 spiro atoms. The molecule has 4 rings (SSSR count). The van der Waals surface area contributed by atoms with Gasteiger partial charge in [0.15, 0.2) is 0 Å². The van der Waals surface area contributed by atoms with Crippen LogP contribution in [0.25, 0.3) is 10.9 Å². The third-order valence-electron chi connectivity index (χ3n) is 5.68. The molecule has 0 bridgehead atoms. The van der Waals surface area contributed by atoms with E-state index in [2.05, 4.69) is 30.7 Å². The Bertz CT molecular complexity index is 1050. The molecule has 3 N–H and O–H groups in total. The van der Waals surface area contributed by atoms with Crippen molar-refractivity contribution >= 4 is 22.7 Å². The fourth-order valence-corrected chi connectivity index (χ4v) is 4.08. The number of hydrogen-bond acceptors (Lipinski definition) is 6. The summed E-state index contributed by atoms with van der Waals surface area (Å²) in [6.07, 6.45) is -1.04. The average Bonchev–Trinajstić information content (AvgIpc) is 2.78. The van der Waals surface area contributed by atoms with Crippen LogP contribution in [0.1, 0.15) is 31.2 Å². The van der Waals surface area contributed by atoms with Gasteiger partial charge in [-0.3, -0.25) is 0 Å². The smallest absolute Gasteiger partial charge is 0.405 e. The molecular weight excluding hydrogens is 419 g/mol. The first-order valence-corrected chi connectivity index (χ1v) is 10.7. The summed E-state index contributed by atoms with van der Waals surface area (Å²) in [5, 5.41) is 10.9. The first-order valence-electron chi connectivity index (χ1n) is 10.7. The Morgan fingerprint density at radius 2 is 1.62 bits per heavy atom. The lowest BCUT2D eigenvalue weighted by Gasteiger charge is -2.30. The zero-order valence-electron chi connectivity index (χ0n) is 17.7. The highest BCUT2D eigenvalue weighted by atomic mass is 19.4. The van der Waals surface area contributed by atoms with E-state index in [1.807, 2.05) is 31.3 Å². The summed E-state index contributed by atoms with van der Waals surface area (Å²) in [4.78, 5) is 9.22. The number of rotatable bonds is 7. The fraction of sp³-hybridized carbons (Fsp3) is 0.391. The number of halogens is 3. The zero-order chi connectivity index (χ0) is 22.6. The maximum atomic E-state index is 12.6. The summed E-state index contributed by atoms with van der Waals surface area (Å²) in [6.45, 7) is 0.328. The van der Waals surface area contributed by atoms with Gasteiger partial charge in [0.05, 0.1) is 5.52 Å². The molecule has 1 aliphatic carbocycles. The van der Waals surface area contributed by atoms with Crippen molar-refractivity contribution in [2.24, 2.45) is 0 Å². The first kappa shape index (κ1) is 22.1. The summed E-state index contributed by atoms with van der Waals surface area (Å²) < 4.78 is 42.0. The van der Waals surface area contributed by atoms with Gasteiger partial charge in [-0.15, -0.1) is 13.2 Å². The second-order valence-corrected chi connectivity index (χ2v) is 7.89. The molecule has 0 unspecified atom stereocenters. The van der Waals surface area contributed by atoms with Crippen molar-refractivity contribution in [1.82, 2.24) is 15.3 Å². The van der Waals surface area contributed by atoms with Gasteiger partial charge in [-0.1, -0.05) is 30.3 Å². The van der Waals surface area contributed by atoms with Crippen LogP contribution in [0.2, 0.25) is 0 Å². The van der Waals surface area contributed by atoms with Gasteiger partial charge in [0.2, 0.25) is 5.95 Å². The predicted molar refractivity (Wildman–Crippen MR) is 119 cm³/mol. The molecule has 170 valence electrons. The molecule has 1 aromatic heterocycles. The Labute approximate surface area is 184 Å². The molecule has 2 aromatic carbocycles. The summed E-state index contributed by atoms with van der Waals surface area (Å²) in [6, 6.07) is 14.6. The lowest BCUT2D eigenvalue weighted by atomic mass is 9.91. The standard InChI is InChI=1S/C23H26F3N5O/c1-27-21-18-7-3-4-8-19(18)30-22(31-21)29-17-12-10-16(11-13-17)28-14-15-6-2-5-9-20(15)32-23(24,25)26/h2-9,16-17,28H,10-14H2,1H3,(H2,27,29,30,31). The van der Waals surface area contributed by atoms with Crippen molar-refractivity contribution in [3.05, 3.63) is 54.1 Å². The quantitative estimate of drug-likeness (QED) is 0.471. The van der Waals surface area contributed by atoms with E-state index in [9.17, 15) is 13.2 Å². The number of para-hydroxylation sites is 2. The molecule has 0 radical (unpaired) electrons. The van der Waals surface area contributed by atoms with E-state index < -0.39 is 6.36 Å². The van der Waals surface area contributed by atoms with Crippen molar-refractivity contribution in [2.45, 2.75) is 50.7 Å². The van der Waals surface area contributed by atoms with Crippen LogP contribution in [0.15, 0.2) is 48.5 Å². The first-order chi connectivity index (χ1) is 15.4. The molecule has 6 nitrogen and oxygen atoms in total. The number of benzene rings is 2. The molecule has 0 saturated heterocycles. The third-order valence-corrected chi connectivity index (χ3v) is 5.68. The molecule has 1 heterocycles. The Kier molecular flexibility index (Phi) is 6.64. The van der Waals surface area contributed by atoms with Gasteiger partial charge in [0.1, 0.15) is 11.6 Å².